The van der Waals surface area contributed by atoms with Crippen LogP contribution in [0.4, 0.5) is 8.78 Å². The summed E-state index contributed by atoms with van der Waals surface area (Å²) in [6, 6.07) is 2.92. The second-order valence-corrected chi connectivity index (χ2v) is 12.5. The fourth-order valence-corrected chi connectivity index (χ4v) is 8.28. The van der Waals surface area contributed by atoms with E-state index in [2.05, 4.69) is 0 Å². The molecular formula is C30H36F2O8. The van der Waals surface area contributed by atoms with Crippen LogP contribution in [0.25, 0.3) is 0 Å². The Morgan fingerprint density at radius 2 is 1.43 bits per heavy atom. The summed E-state index contributed by atoms with van der Waals surface area (Å²) < 4.78 is 37.5. The standard InChI is InChI=1S/C19H20F2O5.C11H16O3/c1-18(2)9-7-8-19(18,17(25)26-3)16(24)12(9)14(22)15(23)13-10(20)5-4-6-11(13)21;1-10(2)7-4-5-11(10,8(12)6-7)9(13)14-3/h4-6,9,12,14,22H,7-8H2,1-3H3;7H,4-6H2,1-3H3/t9?,12?,14?,19-;7?,11-/m11/s1. The number of halogens is 2. The minimum Gasteiger partial charge on any atom is -0.468 e. The number of fused-ring (bicyclic) bond motifs is 4. The van der Waals surface area contributed by atoms with Crippen molar-refractivity contribution in [3.8, 4) is 0 Å². The number of hydrogen-bond donors (Lipinski definition) is 1. The van der Waals surface area contributed by atoms with Gasteiger partial charge in [-0.15, -0.1) is 0 Å². The van der Waals surface area contributed by atoms with E-state index in [1.165, 1.54) is 14.2 Å². The minimum atomic E-state index is -1.93. The van der Waals surface area contributed by atoms with Crippen LogP contribution in [0, 0.1) is 51.0 Å². The lowest BCUT2D eigenvalue weighted by molar-refractivity contribution is -0.163. The van der Waals surface area contributed by atoms with Crippen molar-refractivity contribution in [3.05, 3.63) is 35.4 Å². The number of carbonyl (C=O) groups is 5. The Hall–Kier alpha value is -3.01. The minimum absolute atomic E-state index is 0.0885. The molecule has 0 amide bonds. The number of ketones is 3. The number of aliphatic hydroxyl groups excluding tert-OH is 1. The van der Waals surface area contributed by atoms with Crippen molar-refractivity contribution >= 4 is 29.3 Å². The first kappa shape index (κ1) is 30.0. The van der Waals surface area contributed by atoms with Crippen LogP contribution in [0.1, 0.15) is 70.2 Å². The smallest absolute Gasteiger partial charge is 0.319 e. The number of ether oxygens (including phenoxy) is 2. The third kappa shape index (κ3) is 3.67. The van der Waals surface area contributed by atoms with Crippen LogP contribution in [0.3, 0.4) is 0 Å². The molecular weight excluding hydrogens is 526 g/mol. The van der Waals surface area contributed by atoms with E-state index >= 15 is 0 Å². The molecule has 10 heteroatoms. The molecule has 40 heavy (non-hydrogen) atoms. The van der Waals surface area contributed by atoms with Crippen molar-refractivity contribution in [2.45, 2.75) is 65.9 Å². The molecule has 4 aliphatic carbocycles. The summed E-state index contributed by atoms with van der Waals surface area (Å²) >= 11 is 0. The lowest BCUT2D eigenvalue weighted by Gasteiger charge is -2.33. The van der Waals surface area contributed by atoms with E-state index in [-0.39, 0.29) is 23.6 Å². The summed E-state index contributed by atoms with van der Waals surface area (Å²) in [6.07, 6.45) is 0.987. The van der Waals surface area contributed by atoms with Gasteiger partial charge in [-0.2, -0.15) is 0 Å². The van der Waals surface area contributed by atoms with Gasteiger partial charge in [-0.1, -0.05) is 33.8 Å². The summed E-state index contributed by atoms with van der Waals surface area (Å²) in [4.78, 5) is 61.7. The predicted molar refractivity (Wildman–Crippen MR) is 137 cm³/mol. The molecule has 4 fully saturated rings. The number of hydrogen-bond acceptors (Lipinski definition) is 8. The van der Waals surface area contributed by atoms with Gasteiger partial charge in [-0.05, 0) is 60.5 Å². The normalized spacial score (nSPS) is 33.3. The second-order valence-electron chi connectivity index (χ2n) is 12.5. The van der Waals surface area contributed by atoms with E-state index in [0.29, 0.717) is 25.2 Å². The van der Waals surface area contributed by atoms with E-state index in [1.54, 1.807) is 13.8 Å². The molecule has 218 valence electrons. The molecule has 4 bridgehead atoms. The average Bonchev–Trinajstić information content (AvgIpc) is 3.46. The fraction of sp³-hybridized carbons (Fsp3) is 0.633. The molecule has 0 aromatic heterocycles. The number of rotatable bonds is 5. The monoisotopic (exact) mass is 562 g/mol. The maximum atomic E-state index is 13.9. The highest BCUT2D eigenvalue weighted by Crippen LogP contribution is 2.67. The lowest BCUT2D eigenvalue weighted by atomic mass is 9.69. The van der Waals surface area contributed by atoms with Crippen LogP contribution >= 0.6 is 0 Å². The number of carbonyl (C=O) groups excluding carboxylic acids is 5. The van der Waals surface area contributed by atoms with Crippen molar-refractivity contribution in [2.24, 2.45) is 39.4 Å². The Labute approximate surface area is 231 Å². The zero-order valence-electron chi connectivity index (χ0n) is 23.6. The van der Waals surface area contributed by atoms with Crippen LogP contribution in [0.5, 0.6) is 0 Å². The van der Waals surface area contributed by atoms with Gasteiger partial charge in [0, 0.05) is 6.42 Å². The highest BCUT2D eigenvalue weighted by molar-refractivity contribution is 6.12. The first-order chi connectivity index (χ1) is 18.6. The Morgan fingerprint density at radius 3 is 1.90 bits per heavy atom. The predicted octanol–water partition coefficient (Wildman–Crippen LogP) is 3.86. The van der Waals surface area contributed by atoms with Gasteiger partial charge >= 0.3 is 11.9 Å². The van der Waals surface area contributed by atoms with Gasteiger partial charge in [0.25, 0.3) is 0 Å². The van der Waals surface area contributed by atoms with Crippen LogP contribution < -0.4 is 0 Å². The number of benzene rings is 1. The molecule has 0 heterocycles. The van der Waals surface area contributed by atoms with Crippen molar-refractivity contribution in [1.29, 1.82) is 0 Å². The zero-order chi connectivity index (χ0) is 30.0. The van der Waals surface area contributed by atoms with E-state index in [4.69, 9.17) is 9.47 Å². The Balaban J connectivity index is 0.000000222. The van der Waals surface area contributed by atoms with E-state index in [0.717, 1.165) is 24.6 Å². The maximum absolute atomic E-state index is 13.9. The third-order valence-corrected chi connectivity index (χ3v) is 10.8. The first-order valence-corrected chi connectivity index (χ1v) is 13.5. The summed E-state index contributed by atoms with van der Waals surface area (Å²) in [6.45, 7) is 7.49. The molecule has 4 aliphatic rings. The Morgan fingerprint density at radius 1 is 0.900 bits per heavy atom. The summed E-state index contributed by atoms with van der Waals surface area (Å²) in [5, 5.41) is 10.6. The van der Waals surface area contributed by atoms with E-state index < -0.39 is 68.9 Å². The molecule has 1 aromatic carbocycles. The lowest BCUT2D eigenvalue weighted by Crippen LogP contribution is -2.47. The highest BCUT2D eigenvalue weighted by Gasteiger charge is 2.74. The van der Waals surface area contributed by atoms with Gasteiger partial charge in [0.1, 0.15) is 28.6 Å². The number of Topliss-reactive ketones (excluding diaryl/α,β-unsaturated/α-hetero) is 3. The quantitative estimate of drug-likeness (QED) is 0.326. The van der Waals surface area contributed by atoms with Crippen molar-refractivity contribution in [2.75, 3.05) is 14.2 Å². The molecule has 4 unspecified atom stereocenters. The van der Waals surface area contributed by atoms with Gasteiger partial charge in [0.2, 0.25) is 0 Å². The number of esters is 2. The van der Waals surface area contributed by atoms with Crippen molar-refractivity contribution in [1.82, 2.24) is 0 Å². The van der Waals surface area contributed by atoms with Crippen LogP contribution in [0.2, 0.25) is 0 Å². The van der Waals surface area contributed by atoms with E-state index in [9.17, 15) is 37.9 Å². The molecule has 0 spiro atoms. The molecule has 0 aliphatic heterocycles. The summed E-state index contributed by atoms with van der Waals surface area (Å²) in [7, 11) is 2.55. The third-order valence-electron chi connectivity index (χ3n) is 10.8. The summed E-state index contributed by atoms with van der Waals surface area (Å²) in [5.41, 5.74) is -4.20. The van der Waals surface area contributed by atoms with Gasteiger partial charge in [-0.3, -0.25) is 24.0 Å². The fourth-order valence-electron chi connectivity index (χ4n) is 8.28. The largest absolute Gasteiger partial charge is 0.468 e. The maximum Gasteiger partial charge on any atom is 0.319 e. The number of aliphatic hydroxyl groups is 1. The molecule has 1 aromatic rings. The molecule has 0 radical (unpaired) electrons. The van der Waals surface area contributed by atoms with Gasteiger partial charge in [0.05, 0.1) is 25.7 Å². The van der Waals surface area contributed by atoms with Gasteiger partial charge < -0.3 is 14.6 Å². The van der Waals surface area contributed by atoms with Gasteiger partial charge in [-0.25, -0.2) is 8.78 Å². The molecule has 5 rings (SSSR count). The van der Waals surface area contributed by atoms with E-state index in [1.807, 2.05) is 13.8 Å². The molecule has 1 N–H and O–H groups in total. The SMILES string of the molecule is COC(=O)[C@@]12CCC(C(C(O)C(=O)c3c(F)cccc3F)C1=O)C2(C)C.COC(=O)[C@@]12CCC(CC1=O)C2(C)C. The molecule has 6 atom stereocenters. The van der Waals surface area contributed by atoms with Crippen molar-refractivity contribution < 1.29 is 47.3 Å². The number of methoxy groups -OCH3 is 2. The second kappa shape index (κ2) is 9.82. The molecule has 8 nitrogen and oxygen atoms in total. The zero-order valence-corrected chi connectivity index (χ0v) is 23.6. The first-order valence-electron chi connectivity index (χ1n) is 13.5. The van der Waals surface area contributed by atoms with Crippen LogP contribution in [0.15, 0.2) is 18.2 Å². The molecule has 0 saturated heterocycles. The highest BCUT2D eigenvalue weighted by atomic mass is 19.1. The topological polar surface area (TPSA) is 124 Å². The average molecular weight is 563 g/mol. The van der Waals surface area contributed by atoms with Crippen LogP contribution in [-0.4, -0.2) is 54.7 Å². The molecule has 4 saturated carbocycles. The van der Waals surface area contributed by atoms with Crippen LogP contribution in [-0.2, 0) is 28.7 Å². The van der Waals surface area contributed by atoms with Gasteiger partial charge in [0.15, 0.2) is 17.3 Å². The Bertz CT molecular complexity index is 1270. The summed E-state index contributed by atoms with van der Waals surface area (Å²) in [5.74, 6) is -6.24. The van der Waals surface area contributed by atoms with Crippen molar-refractivity contribution in [3.63, 3.8) is 0 Å². The Kier molecular flexibility index (Phi) is 7.35.